The van der Waals surface area contributed by atoms with Crippen molar-refractivity contribution in [1.82, 2.24) is 0 Å². The summed E-state index contributed by atoms with van der Waals surface area (Å²) in [5.41, 5.74) is 7.34. The summed E-state index contributed by atoms with van der Waals surface area (Å²) in [6.45, 7) is 0. The Labute approximate surface area is 125 Å². The predicted molar refractivity (Wildman–Crippen MR) is 80.2 cm³/mol. The maximum absolute atomic E-state index is 13.3. The van der Waals surface area contributed by atoms with Crippen LogP contribution in [0.4, 0.5) is 10.1 Å². The number of hydrogen-bond donors (Lipinski definition) is 2. The highest BCUT2D eigenvalue weighted by atomic mass is 79.9. The van der Waals surface area contributed by atoms with Gasteiger partial charge in [-0.1, -0.05) is 15.9 Å². The molecule has 0 radical (unpaired) electrons. The molecule has 5 heteroatoms. The lowest BCUT2D eigenvalue weighted by Crippen LogP contribution is -2.07. The van der Waals surface area contributed by atoms with Crippen LogP contribution in [0.25, 0.3) is 0 Å². The highest BCUT2D eigenvalue weighted by Crippen LogP contribution is 2.30. The van der Waals surface area contributed by atoms with Crippen LogP contribution < -0.4 is 10.5 Å². The quantitative estimate of drug-likeness (QED) is 0.838. The molecule has 0 aromatic heterocycles. The monoisotopic (exact) mass is 339 g/mol. The SMILES string of the molecule is COc1ccc(Br)cc1CC(O)c1cc(F)ccc1N. The minimum Gasteiger partial charge on any atom is -0.496 e. The third kappa shape index (κ3) is 3.29. The molecule has 0 bridgehead atoms. The molecule has 0 aliphatic carbocycles. The molecule has 0 saturated heterocycles. The van der Waals surface area contributed by atoms with Gasteiger partial charge in [-0.2, -0.15) is 0 Å². The Balaban J connectivity index is 2.29. The van der Waals surface area contributed by atoms with E-state index in [1.165, 1.54) is 18.2 Å². The van der Waals surface area contributed by atoms with Gasteiger partial charge in [0.15, 0.2) is 0 Å². The zero-order valence-electron chi connectivity index (χ0n) is 10.9. The largest absolute Gasteiger partial charge is 0.496 e. The molecule has 0 saturated carbocycles. The summed E-state index contributed by atoms with van der Waals surface area (Å²) >= 11 is 3.38. The number of halogens is 2. The number of benzene rings is 2. The smallest absolute Gasteiger partial charge is 0.123 e. The summed E-state index contributed by atoms with van der Waals surface area (Å²) in [6.07, 6.45) is -0.607. The van der Waals surface area contributed by atoms with E-state index >= 15 is 0 Å². The van der Waals surface area contributed by atoms with E-state index in [2.05, 4.69) is 15.9 Å². The fourth-order valence-corrected chi connectivity index (χ4v) is 2.47. The molecule has 1 atom stereocenters. The lowest BCUT2D eigenvalue weighted by atomic mass is 9.99. The lowest BCUT2D eigenvalue weighted by molar-refractivity contribution is 0.177. The van der Waals surface area contributed by atoms with Crippen molar-refractivity contribution in [2.75, 3.05) is 12.8 Å². The van der Waals surface area contributed by atoms with Gasteiger partial charge in [0.2, 0.25) is 0 Å². The van der Waals surface area contributed by atoms with E-state index in [0.29, 0.717) is 17.0 Å². The number of rotatable bonds is 4. The highest BCUT2D eigenvalue weighted by molar-refractivity contribution is 9.10. The van der Waals surface area contributed by atoms with E-state index in [1.54, 1.807) is 13.2 Å². The lowest BCUT2D eigenvalue weighted by Gasteiger charge is -2.16. The first-order valence-electron chi connectivity index (χ1n) is 6.06. The second kappa shape index (κ2) is 6.24. The van der Waals surface area contributed by atoms with Crippen LogP contribution in [-0.2, 0) is 6.42 Å². The van der Waals surface area contributed by atoms with E-state index in [0.717, 1.165) is 10.0 Å². The van der Waals surface area contributed by atoms with Crippen LogP contribution in [0.3, 0.4) is 0 Å². The Bertz CT molecular complexity index is 619. The molecule has 106 valence electrons. The fraction of sp³-hybridized carbons (Fsp3) is 0.200. The van der Waals surface area contributed by atoms with Crippen molar-refractivity contribution in [3.05, 3.63) is 57.8 Å². The third-order valence-electron chi connectivity index (χ3n) is 3.06. The van der Waals surface area contributed by atoms with Crippen LogP contribution in [-0.4, -0.2) is 12.2 Å². The zero-order chi connectivity index (χ0) is 14.7. The molecule has 0 amide bonds. The van der Waals surface area contributed by atoms with E-state index in [9.17, 15) is 9.50 Å². The minimum absolute atomic E-state index is 0.288. The van der Waals surface area contributed by atoms with Crippen LogP contribution in [0, 0.1) is 5.82 Å². The molecule has 2 aromatic rings. The normalized spacial score (nSPS) is 12.2. The Morgan fingerprint density at radius 1 is 1.30 bits per heavy atom. The first-order valence-corrected chi connectivity index (χ1v) is 6.86. The Morgan fingerprint density at radius 3 is 2.75 bits per heavy atom. The van der Waals surface area contributed by atoms with Crippen molar-refractivity contribution in [3.63, 3.8) is 0 Å². The maximum atomic E-state index is 13.3. The minimum atomic E-state index is -0.895. The molecule has 1 unspecified atom stereocenters. The van der Waals surface area contributed by atoms with Gasteiger partial charge in [-0.3, -0.25) is 0 Å². The second-order valence-corrected chi connectivity index (χ2v) is 5.37. The predicted octanol–water partition coefficient (Wildman–Crippen LogP) is 3.46. The molecule has 0 fully saturated rings. The molecular weight excluding hydrogens is 325 g/mol. The number of nitrogen functional groups attached to an aromatic ring is 1. The van der Waals surface area contributed by atoms with Crippen LogP contribution in [0.1, 0.15) is 17.2 Å². The number of anilines is 1. The van der Waals surface area contributed by atoms with Gasteiger partial charge in [-0.25, -0.2) is 4.39 Å². The standard InChI is InChI=1S/C15H15BrFNO2/c1-20-15-5-2-10(16)6-9(15)7-14(19)12-8-11(17)3-4-13(12)18/h2-6,8,14,19H,7,18H2,1H3. The molecule has 2 rings (SSSR count). The van der Waals surface area contributed by atoms with Crippen molar-refractivity contribution in [1.29, 1.82) is 0 Å². The van der Waals surface area contributed by atoms with Crippen LogP contribution >= 0.6 is 15.9 Å². The number of aliphatic hydroxyl groups is 1. The Kier molecular flexibility index (Phi) is 4.62. The topological polar surface area (TPSA) is 55.5 Å². The first-order chi connectivity index (χ1) is 9.51. The fourth-order valence-electron chi connectivity index (χ4n) is 2.06. The average Bonchev–Trinajstić information content (AvgIpc) is 2.41. The zero-order valence-corrected chi connectivity index (χ0v) is 12.5. The summed E-state index contributed by atoms with van der Waals surface area (Å²) in [6, 6.07) is 9.49. The number of aliphatic hydroxyl groups excluding tert-OH is 1. The van der Waals surface area contributed by atoms with Gasteiger partial charge in [0.1, 0.15) is 11.6 Å². The molecule has 2 aromatic carbocycles. The van der Waals surface area contributed by atoms with Gasteiger partial charge in [0.05, 0.1) is 13.2 Å². The van der Waals surface area contributed by atoms with E-state index in [4.69, 9.17) is 10.5 Å². The third-order valence-corrected chi connectivity index (χ3v) is 3.56. The van der Waals surface area contributed by atoms with E-state index in [1.807, 2.05) is 12.1 Å². The number of ether oxygens (including phenoxy) is 1. The molecule has 20 heavy (non-hydrogen) atoms. The van der Waals surface area contributed by atoms with Gasteiger partial charge in [0, 0.05) is 22.1 Å². The summed E-state index contributed by atoms with van der Waals surface area (Å²) in [4.78, 5) is 0. The average molecular weight is 340 g/mol. The molecule has 3 N–H and O–H groups in total. The highest BCUT2D eigenvalue weighted by Gasteiger charge is 2.15. The van der Waals surface area contributed by atoms with Crippen LogP contribution in [0.15, 0.2) is 40.9 Å². The van der Waals surface area contributed by atoms with Crippen molar-refractivity contribution in [2.24, 2.45) is 0 Å². The molecule has 0 aliphatic heterocycles. The molecule has 0 heterocycles. The Hall–Kier alpha value is -1.59. The summed E-state index contributed by atoms with van der Waals surface area (Å²) in [7, 11) is 1.57. The molecule has 0 spiro atoms. The second-order valence-electron chi connectivity index (χ2n) is 4.45. The van der Waals surface area contributed by atoms with E-state index < -0.39 is 11.9 Å². The maximum Gasteiger partial charge on any atom is 0.123 e. The van der Waals surface area contributed by atoms with Gasteiger partial charge < -0.3 is 15.6 Å². The van der Waals surface area contributed by atoms with Crippen molar-refractivity contribution < 1.29 is 14.2 Å². The Morgan fingerprint density at radius 2 is 2.05 bits per heavy atom. The summed E-state index contributed by atoms with van der Waals surface area (Å²) in [5.74, 6) is 0.247. The van der Waals surface area contributed by atoms with E-state index in [-0.39, 0.29) is 6.42 Å². The number of methoxy groups -OCH3 is 1. The molecular formula is C15H15BrFNO2. The summed E-state index contributed by atoms with van der Waals surface area (Å²) < 4.78 is 19.4. The summed E-state index contributed by atoms with van der Waals surface area (Å²) in [5, 5.41) is 10.3. The van der Waals surface area contributed by atoms with Gasteiger partial charge >= 0.3 is 0 Å². The number of nitrogens with two attached hydrogens (primary N) is 1. The van der Waals surface area contributed by atoms with Gasteiger partial charge in [-0.05, 0) is 42.0 Å². The van der Waals surface area contributed by atoms with Crippen molar-refractivity contribution >= 4 is 21.6 Å². The van der Waals surface area contributed by atoms with Gasteiger partial charge in [0.25, 0.3) is 0 Å². The van der Waals surface area contributed by atoms with Crippen molar-refractivity contribution in [3.8, 4) is 5.75 Å². The molecule has 3 nitrogen and oxygen atoms in total. The number of hydrogen-bond acceptors (Lipinski definition) is 3. The first kappa shape index (κ1) is 14.8. The van der Waals surface area contributed by atoms with Gasteiger partial charge in [-0.15, -0.1) is 0 Å². The van der Waals surface area contributed by atoms with Crippen LogP contribution in [0.5, 0.6) is 5.75 Å². The van der Waals surface area contributed by atoms with Crippen LogP contribution in [0.2, 0.25) is 0 Å². The van der Waals surface area contributed by atoms with Crippen molar-refractivity contribution in [2.45, 2.75) is 12.5 Å². The molecule has 0 aliphatic rings.